The Morgan fingerprint density at radius 3 is 2.47 bits per heavy atom. The zero-order valence-corrected chi connectivity index (χ0v) is 19.8. The number of fused-ring (bicyclic) bond motifs is 2. The maximum atomic E-state index is 4.09. The topological polar surface area (TPSA) is 89.7 Å². The van der Waals surface area contributed by atoms with Crippen LogP contribution in [0.3, 0.4) is 0 Å². The Labute approximate surface area is 198 Å². The molecule has 0 aliphatic heterocycles. The molecule has 7 nitrogen and oxygen atoms in total. The number of aromatic nitrogens is 6. The van der Waals surface area contributed by atoms with Gasteiger partial charge in [-0.2, -0.15) is 10.2 Å². The highest BCUT2D eigenvalue weighted by atomic mass is 15.1. The van der Waals surface area contributed by atoms with Crippen molar-refractivity contribution in [1.29, 1.82) is 0 Å². The van der Waals surface area contributed by atoms with Crippen molar-refractivity contribution < 1.29 is 0 Å². The van der Waals surface area contributed by atoms with E-state index in [1.165, 1.54) is 5.56 Å². The van der Waals surface area contributed by atoms with Crippen molar-refractivity contribution in [2.24, 2.45) is 4.99 Å². The Bertz CT molecular complexity index is 1440. The minimum atomic E-state index is 0.936. The van der Waals surface area contributed by atoms with E-state index in [-0.39, 0.29) is 0 Å². The van der Waals surface area contributed by atoms with Crippen LogP contribution in [0.5, 0.6) is 0 Å². The highest BCUT2D eigenvalue weighted by Gasteiger charge is 1.96. The Balaban J connectivity index is 0.000000143. The van der Waals surface area contributed by atoms with Gasteiger partial charge in [0.25, 0.3) is 0 Å². The van der Waals surface area contributed by atoms with Gasteiger partial charge in [0.15, 0.2) is 0 Å². The fraction of sp³-hybridized carbons (Fsp3) is 0.148. The summed E-state index contributed by atoms with van der Waals surface area (Å²) in [6.45, 7) is 11.4. The van der Waals surface area contributed by atoms with Crippen molar-refractivity contribution >= 4 is 40.3 Å². The summed E-state index contributed by atoms with van der Waals surface area (Å²) < 4.78 is 0. The summed E-state index contributed by atoms with van der Waals surface area (Å²) in [4.78, 5) is 20.1. The zero-order valence-electron chi connectivity index (χ0n) is 19.8. The van der Waals surface area contributed by atoms with Crippen LogP contribution in [0.1, 0.15) is 25.1 Å². The molecule has 1 aromatic carbocycles. The smallest absolute Gasteiger partial charge is 0.116 e. The molecule has 34 heavy (non-hydrogen) atoms. The predicted molar refractivity (Wildman–Crippen MR) is 139 cm³/mol. The molecule has 4 heterocycles. The normalized spacial score (nSPS) is 11.7. The largest absolute Gasteiger partial charge is 0.269 e. The van der Waals surface area contributed by atoms with Gasteiger partial charge in [-0.3, -0.25) is 15.0 Å². The first kappa shape index (κ1) is 24.3. The summed E-state index contributed by atoms with van der Waals surface area (Å²) in [7, 11) is 0. The summed E-state index contributed by atoms with van der Waals surface area (Å²) in [6.07, 6.45) is 12.4. The summed E-state index contributed by atoms with van der Waals surface area (Å²) >= 11 is 0. The van der Waals surface area contributed by atoms with Gasteiger partial charge in [-0.25, -0.2) is 9.97 Å². The molecule has 0 spiro atoms. The van der Waals surface area contributed by atoms with E-state index in [0.29, 0.717) is 0 Å². The van der Waals surface area contributed by atoms with Gasteiger partial charge in [0, 0.05) is 46.5 Å². The fourth-order valence-corrected chi connectivity index (χ4v) is 3.23. The predicted octanol–water partition coefficient (Wildman–Crippen LogP) is 3.98. The van der Waals surface area contributed by atoms with Crippen LogP contribution in [0.25, 0.3) is 33.6 Å². The third-order valence-corrected chi connectivity index (χ3v) is 5.17. The minimum absolute atomic E-state index is 0.936. The van der Waals surface area contributed by atoms with Gasteiger partial charge in [-0.15, -0.1) is 0 Å². The van der Waals surface area contributed by atoms with Crippen molar-refractivity contribution in [1.82, 2.24) is 30.1 Å². The lowest BCUT2D eigenvalue weighted by Gasteiger charge is -1.96. The first-order valence-electron chi connectivity index (χ1n) is 10.8. The summed E-state index contributed by atoms with van der Waals surface area (Å²) in [5, 5.41) is 12.2. The zero-order chi connectivity index (χ0) is 24.3. The summed E-state index contributed by atoms with van der Waals surface area (Å²) in [5.74, 6) is 0. The van der Waals surface area contributed by atoms with Crippen LogP contribution in [0.15, 0.2) is 78.7 Å². The standard InChI is InChI=1S/C10H12N2.C9H8N2.C8H7N3/c1-4-9-7-12-6-5-10(9)8(2)11-3;1-7-3-2-4-8-5-6-10-11-9(7)8;1-6-7-4-9-3-2-8(7)11-5-10-6/h4-7H,3H2,1-2H3;2-6H,1H3;2-5H,1H3/b9-4-,10-8-;;. The molecule has 170 valence electrons. The molecule has 0 radical (unpaired) electrons. The second-order valence-electron chi connectivity index (χ2n) is 7.39. The monoisotopic (exact) mass is 449 g/mol. The number of nitrogens with zero attached hydrogens (tertiary/aromatic N) is 7. The fourth-order valence-electron chi connectivity index (χ4n) is 3.23. The molecule has 0 amide bonds. The van der Waals surface area contributed by atoms with E-state index >= 15 is 0 Å². The van der Waals surface area contributed by atoms with Crippen LogP contribution in [-0.4, -0.2) is 36.9 Å². The van der Waals surface area contributed by atoms with Crippen LogP contribution in [0, 0.1) is 13.8 Å². The Morgan fingerprint density at radius 2 is 1.74 bits per heavy atom. The highest BCUT2D eigenvalue weighted by Crippen LogP contribution is 2.13. The number of benzene rings is 1. The van der Waals surface area contributed by atoms with E-state index in [1.807, 2.05) is 76.4 Å². The molecule has 0 aliphatic rings. The van der Waals surface area contributed by atoms with Gasteiger partial charge in [0.1, 0.15) is 6.33 Å². The molecule has 7 heteroatoms. The molecular formula is C27H27N7. The Morgan fingerprint density at radius 1 is 0.941 bits per heavy atom. The molecule has 5 rings (SSSR count). The third-order valence-electron chi connectivity index (χ3n) is 5.17. The first-order valence-corrected chi connectivity index (χ1v) is 10.8. The first-order chi connectivity index (χ1) is 16.5. The summed E-state index contributed by atoms with van der Waals surface area (Å²) in [6, 6.07) is 11.9. The number of hydrogen-bond acceptors (Lipinski definition) is 7. The van der Waals surface area contributed by atoms with Gasteiger partial charge in [-0.05, 0) is 63.4 Å². The molecular weight excluding hydrogens is 422 g/mol. The molecule has 0 saturated heterocycles. The molecule has 5 aromatic rings. The lowest BCUT2D eigenvalue weighted by atomic mass is 10.1. The van der Waals surface area contributed by atoms with Gasteiger partial charge < -0.3 is 0 Å². The molecule has 0 saturated carbocycles. The molecule has 0 atom stereocenters. The quantitative estimate of drug-likeness (QED) is 0.360. The summed E-state index contributed by atoms with van der Waals surface area (Å²) in [5.41, 5.74) is 5.03. The maximum Gasteiger partial charge on any atom is 0.116 e. The Hall–Kier alpha value is -4.39. The van der Waals surface area contributed by atoms with Gasteiger partial charge >= 0.3 is 0 Å². The van der Waals surface area contributed by atoms with E-state index in [1.54, 1.807) is 31.1 Å². The van der Waals surface area contributed by atoms with E-state index < -0.39 is 0 Å². The van der Waals surface area contributed by atoms with Crippen molar-refractivity contribution in [3.63, 3.8) is 0 Å². The highest BCUT2D eigenvalue weighted by molar-refractivity contribution is 5.80. The van der Waals surface area contributed by atoms with E-state index in [0.717, 1.165) is 43.6 Å². The van der Waals surface area contributed by atoms with Crippen LogP contribution in [-0.2, 0) is 0 Å². The van der Waals surface area contributed by atoms with Crippen molar-refractivity contribution in [3.8, 4) is 0 Å². The van der Waals surface area contributed by atoms with Crippen LogP contribution in [0.2, 0.25) is 0 Å². The van der Waals surface area contributed by atoms with Crippen LogP contribution in [0.4, 0.5) is 0 Å². The molecule has 0 unspecified atom stereocenters. The molecule has 0 fully saturated rings. The average Bonchev–Trinajstić information content (AvgIpc) is 2.89. The number of hydrogen-bond donors (Lipinski definition) is 0. The number of aryl methyl sites for hydroxylation is 2. The van der Waals surface area contributed by atoms with Crippen LogP contribution >= 0.6 is 0 Å². The Kier molecular flexibility index (Phi) is 8.57. The van der Waals surface area contributed by atoms with Gasteiger partial charge in [0.05, 0.1) is 22.9 Å². The SMILES string of the molecule is C=N/C(C)=c1/ccnc/c1=C/C.Cc1cccc2ccnnc12.Cc1ncnc2ccncc12. The van der Waals surface area contributed by atoms with E-state index in [9.17, 15) is 0 Å². The molecule has 0 bridgehead atoms. The van der Waals surface area contributed by atoms with E-state index in [4.69, 9.17) is 0 Å². The third kappa shape index (κ3) is 6.10. The second kappa shape index (κ2) is 12.0. The molecule has 0 aliphatic carbocycles. The van der Waals surface area contributed by atoms with Crippen molar-refractivity contribution in [2.45, 2.75) is 27.7 Å². The number of rotatable bonds is 1. The van der Waals surface area contributed by atoms with Crippen LogP contribution < -0.4 is 10.4 Å². The molecule has 4 aromatic heterocycles. The van der Waals surface area contributed by atoms with Gasteiger partial charge in [-0.1, -0.05) is 24.3 Å². The van der Waals surface area contributed by atoms with E-state index in [2.05, 4.69) is 41.8 Å². The van der Waals surface area contributed by atoms with Crippen molar-refractivity contribution in [2.75, 3.05) is 0 Å². The lowest BCUT2D eigenvalue weighted by molar-refractivity contribution is 1.07. The van der Waals surface area contributed by atoms with Crippen molar-refractivity contribution in [3.05, 3.63) is 95.4 Å². The number of pyridine rings is 2. The molecule has 0 N–H and O–H groups in total. The number of aliphatic imine (C=N–C) groups is 1. The second-order valence-corrected chi connectivity index (χ2v) is 7.39. The lowest BCUT2D eigenvalue weighted by Crippen LogP contribution is -2.25. The van der Waals surface area contributed by atoms with Gasteiger partial charge in [0.2, 0.25) is 0 Å². The average molecular weight is 450 g/mol. The maximum absolute atomic E-state index is 4.09. The minimum Gasteiger partial charge on any atom is -0.269 e.